The van der Waals surface area contributed by atoms with E-state index in [1.54, 1.807) is 0 Å². The van der Waals surface area contributed by atoms with E-state index in [1.165, 1.54) is 5.56 Å². The van der Waals surface area contributed by atoms with Gasteiger partial charge in [0.25, 0.3) is 0 Å². The smallest absolute Gasteiger partial charge is 0.227 e. The largest absolute Gasteiger partial charge is 0.336 e. The van der Waals surface area contributed by atoms with Gasteiger partial charge in [-0.05, 0) is 39.2 Å². The molecule has 0 saturated carbocycles. The van der Waals surface area contributed by atoms with Gasteiger partial charge in [-0.1, -0.05) is 29.8 Å². The molecule has 1 aromatic carbocycles. The molecule has 3 heteroatoms. The predicted octanol–water partition coefficient (Wildman–Crippen LogP) is 2.27. The third kappa shape index (κ3) is 3.35. The van der Waals surface area contributed by atoms with Crippen LogP contribution >= 0.6 is 0 Å². The summed E-state index contributed by atoms with van der Waals surface area (Å²) in [6.45, 7) is 6.99. The molecule has 1 unspecified atom stereocenters. The third-order valence-electron chi connectivity index (χ3n) is 4.01. The maximum atomic E-state index is 12.5. The molecule has 3 nitrogen and oxygen atoms in total. The lowest BCUT2D eigenvalue weighted by atomic mass is 9.88. The predicted molar refractivity (Wildman–Crippen MR) is 77.9 cm³/mol. The van der Waals surface area contributed by atoms with Crippen molar-refractivity contribution in [2.45, 2.75) is 51.6 Å². The van der Waals surface area contributed by atoms with Crippen LogP contribution in [0.15, 0.2) is 24.3 Å². The molecule has 0 radical (unpaired) electrons. The highest BCUT2D eigenvalue weighted by atomic mass is 16.2. The molecule has 0 bridgehead atoms. The molecule has 2 rings (SSSR count). The van der Waals surface area contributed by atoms with Crippen LogP contribution < -0.4 is 5.73 Å². The Morgan fingerprint density at radius 1 is 1.47 bits per heavy atom. The SMILES string of the molecule is Cc1cccc(CC(=O)N2CC(N)CCC2(C)C)c1. The van der Waals surface area contributed by atoms with E-state index in [0.29, 0.717) is 13.0 Å². The van der Waals surface area contributed by atoms with Crippen molar-refractivity contribution in [1.82, 2.24) is 4.90 Å². The molecule has 1 heterocycles. The van der Waals surface area contributed by atoms with E-state index >= 15 is 0 Å². The van der Waals surface area contributed by atoms with E-state index < -0.39 is 0 Å². The Bertz CT molecular complexity index is 468. The number of nitrogens with two attached hydrogens (primary N) is 1. The van der Waals surface area contributed by atoms with Crippen LogP contribution in [0.4, 0.5) is 0 Å². The van der Waals surface area contributed by atoms with Gasteiger partial charge in [0.1, 0.15) is 0 Å². The second kappa shape index (κ2) is 5.33. The summed E-state index contributed by atoms with van der Waals surface area (Å²) in [4.78, 5) is 14.5. The van der Waals surface area contributed by atoms with Crippen molar-refractivity contribution in [2.75, 3.05) is 6.54 Å². The fourth-order valence-electron chi connectivity index (χ4n) is 2.78. The number of amides is 1. The Kier molecular flexibility index (Phi) is 3.95. The molecule has 1 amide bonds. The zero-order valence-electron chi connectivity index (χ0n) is 12.1. The Morgan fingerprint density at radius 2 is 2.21 bits per heavy atom. The Balaban J connectivity index is 2.10. The van der Waals surface area contributed by atoms with Crippen LogP contribution in [0.25, 0.3) is 0 Å². The minimum atomic E-state index is -0.0726. The number of nitrogens with zero attached hydrogens (tertiary/aromatic N) is 1. The first-order chi connectivity index (χ1) is 8.88. The normalized spacial score (nSPS) is 22.3. The second-order valence-electron chi connectivity index (χ2n) is 6.28. The fourth-order valence-corrected chi connectivity index (χ4v) is 2.78. The number of hydrogen-bond acceptors (Lipinski definition) is 2. The molecule has 104 valence electrons. The van der Waals surface area contributed by atoms with E-state index in [0.717, 1.165) is 18.4 Å². The van der Waals surface area contributed by atoms with Crippen molar-refractivity contribution in [3.8, 4) is 0 Å². The van der Waals surface area contributed by atoms with Crippen LogP contribution in [0.5, 0.6) is 0 Å². The molecule has 1 aliphatic heterocycles. The fraction of sp³-hybridized carbons (Fsp3) is 0.562. The van der Waals surface area contributed by atoms with Crippen molar-refractivity contribution >= 4 is 5.91 Å². The molecular weight excluding hydrogens is 236 g/mol. The standard InChI is InChI=1S/C16H24N2O/c1-12-5-4-6-13(9-12)10-15(19)18-11-14(17)7-8-16(18,2)3/h4-6,9,14H,7-8,10-11,17H2,1-3H3. The van der Waals surface area contributed by atoms with Gasteiger partial charge in [-0.25, -0.2) is 0 Å². The van der Waals surface area contributed by atoms with Gasteiger partial charge in [-0.2, -0.15) is 0 Å². The molecule has 0 aliphatic carbocycles. The number of rotatable bonds is 2. The van der Waals surface area contributed by atoms with E-state index in [2.05, 4.69) is 32.9 Å². The topological polar surface area (TPSA) is 46.3 Å². The minimum Gasteiger partial charge on any atom is -0.336 e. The van der Waals surface area contributed by atoms with Crippen LogP contribution in [0.2, 0.25) is 0 Å². The number of benzene rings is 1. The highest BCUT2D eigenvalue weighted by molar-refractivity contribution is 5.79. The first-order valence-electron chi connectivity index (χ1n) is 7.00. The van der Waals surface area contributed by atoms with E-state index in [-0.39, 0.29) is 17.5 Å². The lowest BCUT2D eigenvalue weighted by Gasteiger charge is -2.45. The molecule has 1 aliphatic rings. The maximum absolute atomic E-state index is 12.5. The number of piperidine rings is 1. The van der Waals surface area contributed by atoms with Gasteiger partial charge in [-0.3, -0.25) is 4.79 Å². The zero-order valence-corrected chi connectivity index (χ0v) is 12.1. The number of carbonyl (C=O) groups excluding carboxylic acids is 1. The molecule has 0 spiro atoms. The summed E-state index contributed by atoms with van der Waals surface area (Å²) in [5.41, 5.74) is 8.21. The van der Waals surface area contributed by atoms with E-state index in [9.17, 15) is 4.79 Å². The van der Waals surface area contributed by atoms with Gasteiger partial charge in [0, 0.05) is 18.1 Å². The average molecular weight is 260 g/mol. The summed E-state index contributed by atoms with van der Waals surface area (Å²) in [5.74, 6) is 0.186. The van der Waals surface area contributed by atoms with Crippen molar-refractivity contribution in [2.24, 2.45) is 5.73 Å². The number of likely N-dealkylation sites (tertiary alicyclic amines) is 1. The second-order valence-corrected chi connectivity index (χ2v) is 6.28. The van der Waals surface area contributed by atoms with Crippen LogP contribution in [0.1, 0.15) is 37.8 Å². The van der Waals surface area contributed by atoms with Gasteiger partial charge in [-0.15, -0.1) is 0 Å². The summed E-state index contributed by atoms with van der Waals surface area (Å²) in [7, 11) is 0. The van der Waals surface area contributed by atoms with Crippen LogP contribution in [0.3, 0.4) is 0 Å². The summed E-state index contributed by atoms with van der Waals surface area (Å²) in [6, 6.07) is 8.27. The number of aryl methyl sites for hydroxylation is 1. The molecule has 0 aromatic heterocycles. The zero-order chi connectivity index (χ0) is 14.0. The Labute approximate surface area is 115 Å². The quantitative estimate of drug-likeness (QED) is 0.886. The van der Waals surface area contributed by atoms with E-state index in [4.69, 9.17) is 5.73 Å². The van der Waals surface area contributed by atoms with Crippen LogP contribution in [0, 0.1) is 6.92 Å². The molecule has 1 saturated heterocycles. The monoisotopic (exact) mass is 260 g/mol. The minimum absolute atomic E-state index is 0.0726. The van der Waals surface area contributed by atoms with Gasteiger partial charge in [0.05, 0.1) is 6.42 Å². The summed E-state index contributed by atoms with van der Waals surface area (Å²) < 4.78 is 0. The van der Waals surface area contributed by atoms with Crippen molar-refractivity contribution < 1.29 is 4.79 Å². The maximum Gasteiger partial charge on any atom is 0.227 e. The first-order valence-corrected chi connectivity index (χ1v) is 7.00. The first kappa shape index (κ1) is 14.1. The average Bonchev–Trinajstić information content (AvgIpc) is 2.32. The van der Waals surface area contributed by atoms with Gasteiger partial charge in [0.2, 0.25) is 5.91 Å². The molecule has 19 heavy (non-hydrogen) atoms. The molecule has 2 N–H and O–H groups in total. The summed E-state index contributed by atoms with van der Waals surface area (Å²) in [5, 5.41) is 0. The van der Waals surface area contributed by atoms with Crippen LogP contribution in [-0.2, 0) is 11.2 Å². The molecule has 1 fully saturated rings. The number of hydrogen-bond donors (Lipinski definition) is 1. The van der Waals surface area contributed by atoms with Crippen LogP contribution in [-0.4, -0.2) is 28.9 Å². The lowest BCUT2D eigenvalue weighted by molar-refractivity contribution is -0.138. The molecule has 1 atom stereocenters. The van der Waals surface area contributed by atoms with Gasteiger partial charge >= 0.3 is 0 Å². The van der Waals surface area contributed by atoms with Crippen molar-refractivity contribution in [3.05, 3.63) is 35.4 Å². The summed E-state index contributed by atoms with van der Waals surface area (Å²) >= 11 is 0. The highest BCUT2D eigenvalue weighted by Crippen LogP contribution is 2.27. The Morgan fingerprint density at radius 3 is 2.89 bits per heavy atom. The Hall–Kier alpha value is -1.35. The van der Waals surface area contributed by atoms with Gasteiger partial charge in [0.15, 0.2) is 0 Å². The van der Waals surface area contributed by atoms with Crippen molar-refractivity contribution in [1.29, 1.82) is 0 Å². The van der Waals surface area contributed by atoms with Crippen molar-refractivity contribution in [3.63, 3.8) is 0 Å². The summed E-state index contributed by atoms with van der Waals surface area (Å²) in [6.07, 6.45) is 2.45. The molecular formula is C16H24N2O. The lowest BCUT2D eigenvalue weighted by Crippen LogP contribution is -2.57. The third-order valence-corrected chi connectivity index (χ3v) is 4.01. The van der Waals surface area contributed by atoms with E-state index in [1.807, 2.05) is 17.0 Å². The van der Waals surface area contributed by atoms with Gasteiger partial charge < -0.3 is 10.6 Å². The number of carbonyl (C=O) groups is 1. The highest BCUT2D eigenvalue weighted by Gasteiger charge is 2.35. The molecule has 1 aromatic rings.